The van der Waals surface area contributed by atoms with E-state index in [0.717, 1.165) is 5.56 Å². The van der Waals surface area contributed by atoms with Crippen molar-refractivity contribution in [2.45, 2.75) is 12.8 Å². The number of aliphatic imine (C=N–C) groups is 1. The van der Waals surface area contributed by atoms with E-state index >= 15 is 0 Å². The van der Waals surface area contributed by atoms with Gasteiger partial charge in [0.2, 0.25) is 5.75 Å². The summed E-state index contributed by atoms with van der Waals surface area (Å²) in [6.07, 6.45) is 0. The van der Waals surface area contributed by atoms with Gasteiger partial charge in [0, 0.05) is 28.3 Å². The number of hydrogen-bond acceptors (Lipinski definition) is 7. The molecule has 0 saturated heterocycles. The topological polar surface area (TPSA) is 83.4 Å². The third-order valence-electron chi connectivity index (χ3n) is 5.81. The van der Waals surface area contributed by atoms with Crippen LogP contribution in [0.4, 0.5) is 0 Å². The quantitative estimate of drug-likeness (QED) is 0.685. The number of carbonyl (C=O) groups excluding carboxylic acids is 2. The maximum Gasteiger partial charge on any atom is 0.315 e. The first-order valence-electron chi connectivity index (χ1n) is 9.78. The minimum atomic E-state index is -0.759. The fraction of sp³-hybridized carbons (Fsp3) is 0.292. The summed E-state index contributed by atoms with van der Waals surface area (Å²) in [5, 5.41) is 0. The Bertz CT molecular complexity index is 1120. The fourth-order valence-corrected chi connectivity index (χ4v) is 4.42. The minimum absolute atomic E-state index is 0.144. The molecule has 0 aromatic heterocycles. The first-order valence-corrected chi connectivity index (χ1v) is 9.78. The van der Waals surface area contributed by atoms with Crippen molar-refractivity contribution in [1.82, 2.24) is 0 Å². The molecule has 1 heterocycles. The van der Waals surface area contributed by atoms with Gasteiger partial charge in [-0.2, -0.15) is 0 Å². The van der Waals surface area contributed by atoms with Crippen molar-refractivity contribution in [2.75, 3.05) is 28.4 Å². The van der Waals surface area contributed by atoms with Crippen molar-refractivity contribution in [3.8, 4) is 17.2 Å². The van der Waals surface area contributed by atoms with Crippen LogP contribution in [0.1, 0.15) is 34.3 Å². The molecule has 0 fully saturated rings. The number of allylic oxidation sites excluding steroid dienone is 1. The Kier molecular flexibility index (Phi) is 5.27. The molecule has 2 aliphatic rings. The molecular formula is C24H23NO6. The minimum Gasteiger partial charge on any atom is -0.493 e. The fourth-order valence-electron chi connectivity index (χ4n) is 4.42. The smallest absolute Gasteiger partial charge is 0.315 e. The molecule has 0 saturated carbocycles. The number of fused-ring (bicyclic) bond motifs is 2. The van der Waals surface area contributed by atoms with Gasteiger partial charge in [-0.25, -0.2) is 0 Å². The number of ketones is 1. The van der Waals surface area contributed by atoms with Gasteiger partial charge in [-0.15, -0.1) is 0 Å². The number of methoxy groups -OCH3 is 4. The van der Waals surface area contributed by atoms with Crippen molar-refractivity contribution in [2.24, 2.45) is 10.9 Å². The Hall–Kier alpha value is -3.61. The lowest BCUT2D eigenvalue weighted by molar-refractivity contribution is -0.143. The van der Waals surface area contributed by atoms with Crippen LogP contribution < -0.4 is 14.2 Å². The average Bonchev–Trinajstić information content (AvgIpc) is 3.08. The normalized spacial score (nSPS) is 19.4. The molecule has 1 unspecified atom stereocenters. The second kappa shape index (κ2) is 7.91. The van der Waals surface area contributed by atoms with Gasteiger partial charge in [0.15, 0.2) is 17.3 Å². The van der Waals surface area contributed by atoms with Crippen LogP contribution in [0, 0.1) is 5.92 Å². The number of benzene rings is 2. The number of ether oxygens (including phenoxy) is 4. The molecule has 7 heteroatoms. The van der Waals surface area contributed by atoms with Crippen LogP contribution in [0.2, 0.25) is 0 Å². The molecule has 160 valence electrons. The van der Waals surface area contributed by atoms with Gasteiger partial charge < -0.3 is 18.9 Å². The largest absolute Gasteiger partial charge is 0.493 e. The Morgan fingerprint density at radius 2 is 1.55 bits per heavy atom. The third kappa shape index (κ3) is 3.08. The summed E-state index contributed by atoms with van der Waals surface area (Å²) in [6.45, 7) is 1.78. The molecule has 0 N–H and O–H groups in total. The van der Waals surface area contributed by atoms with Crippen molar-refractivity contribution in [3.63, 3.8) is 0 Å². The zero-order chi connectivity index (χ0) is 22.3. The van der Waals surface area contributed by atoms with Gasteiger partial charge in [-0.1, -0.05) is 24.3 Å². The highest BCUT2D eigenvalue weighted by molar-refractivity contribution is 6.24. The summed E-state index contributed by atoms with van der Waals surface area (Å²) in [4.78, 5) is 30.9. The van der Waals surface area contributed by atoms with Gasteiger partial charge in [0.25, 0.3) is 0 Å². The first kappa shape index (κ1) is 20.7. The van der Waals surface area contributed by atoms with Crippen molar-refractivity contribution in [1.29, 1.82) is 0 Å². The number of hydrogen-bond donors (Lipinski definition) is 0. The van der Waals surface area contributed by atoms with Crippen molar-refractivity contribution >= 4 is 23.2 Å². The molecule has 1 aliphatic heterocycles. The Labute approximate surface area is 180 Å². The lowest BCUT2D eigenvalue weighted by Gasteiger charge is -2.30. The number of rotatable bonds is 5. The van der Waals surface area contributed by atoms with Crippen LogP contribution in [0.5, 0.6) is 17.2 Å². The maximum atomic E-state index is 13.4. The molecule has 7 nitrogen and oxygen atoms in total. The van der Waals surface area contributed by atoms with E-state index in [1.165, 1.54) is 28.4 Å². The Balaban J connectivity index is 1.99. The van der Waals surface area contributed by atoms with E-state index in [-0.39, 0.29) is 5.78 Å². The predicted molar refractivity (Wildman–Crippen MR) is 115 cm³/mol. The van der Waals surface area contributed by atoms with E-state index in [1.54, 1.807) is 25.1 Å². The number of nitrogens with zero attached hydrogens (tertiary/aromatic N) is 1. The molecule has 31 heavy (non-hydrogen) atoms. The van der Waals surface area contributed by atoms with E-state index in [9.17, 15) is 9.59 Å². The predicted octanol–water partition coefficient (Wildman–Crippen LogP) is 3.67. The molecule has 2 aromatic carbocycles. The van der Waals surface area contributed by atoms with Crippen LogP contribution in [0.15, 0.2) is 47.0 Å². The van der Waals surface area contributed by atoms with Gasteiger partial charge in [-0.05, 0) is 24.6 Å². The number of carbonyl (C=O) groups is 2. The van der Waals surface area contributed by atoms with Crippen LogP contribution in [0.3, 0.4) is 0 Å². The zero-order valence-electron chi connectivity index (χ0n) is 18.0. The summed E-state index contributed by atoms with van der Waals surface area (Å²) in [5.41, 5.74) is 3.66. The summed E-state index contributed by atoms with van der Waals surface area (Å²) < 4.78 is 21.5. The molecule has 2 atom stereocenters. The van der Waals surface area contributed by atoms with Gasteiger partial charge in [0.1, 0.15) is 5.92 Å². The van der Waals surface area contributed by atoms with Crippen LogP contribution in [-0.4, -0.2) is 45.9 Å². The lowest BCUT2D eigenvalue weighted by atomic mass is 9.75. The summed E-state index contributed by atoms with van der Waals surface area (Å²) in [7, 11) is 5.89. The molecule has 4 rings (SSSR count). The third-order valence-corrected chi connectivity index (χ3v) is 5.81. The number of esters is 1. The first-order chi connectivity index (χ1) is 15.0. The van der Waals surface area contributed by atoms with Crippen LogP contribution in [0.25, 0.3) is 5.70 Å². The van der Waals surface area contributed by atoms with Gasteiger partial charge in [0.05, 0.1) is 34.1 Å². The molecule has 1 aliphatic carbocycles. The molecular weight excluding hydrogens is 398 g/mol. The average molecular weight is 421 g/mol. The van der Waals surface area contributed by atoms with E-state index in [4.69, 9.17) is 18.9 Å². The highest BCUT2D eigenvalue weighted by atomic mass is 16.5. The molecule has 0 bridgehead atoms. The van der Waals surface area contributed by atoms with E-state index < -0.39 is 17.8 Å². The van der Waals surface area contributed by atoms with E-state index in [1.807, 2.05) is 18.2 Å². The van der Waals surface area contributed by atoms with Crippen molar-refractivity contribution in [3.05, 3.63) is 58.7 Å². The maximum absolute atomic E-state index is 13.4. The molecule has 0 spiro atoms. The lowest BCUT2D eigenvalue weighted by Crippen LogP contribution is -2.34. The van der Waals surface area contributed by atoms with E-state index in [2.05, 4.69) is 4.99 Å². The highest BCUT2D eigenvalue weighted by Gasteiger charge is 2.46. The second-order valence-electron chi connectivity index (χ2n) is 7.33. The Morgan fingerprint density at radius 3 is 2.10 bits per heavy atom. The Morgan fingerprint density at radius 1 is 0.935 bits per heavy atom. The SMILES string of the molecule is COC(=O)C1C(C)=NC2=C(C(=O)c3ccccc32)[C@H]1c1cc(OC)c(OC)c(OC)c1. The second-order valence-corrected chi connectivity index (χ2v) is 7.33. The van der Waals surface area contributed by atoms with Crippen molar-refractivity contribution < 1.29 is 28.5 Å². The van der Waals surface area contributed by atoms with Crippen LogP contribution >= 0.6 is 0 Å². The monoisotopic (exact) mass is 421 g/mol. The zero-order valence-corrected chi connectivity index (χ0v) is 18.0. The number of Topliss-reactive ketones (excluding diaryl/α,β-unsaturated/α-hetero) is 1. The molecule has 0 amide bonds. The standard InChI is InChI=1S/C24H23NO6/c1-12-18(24(27)31-5)19(13-10-16(28-2)23(30-4)17(11-13)29-3)20-21(25-12)14-8-6-7-9-15(14)22(20)26/h6-11,18-19H,1-5H3/t18?,19-/m0/s1. The summed E-state index contributed by atoms with van der Waals surface area (Å²) in [6, 6.07) is 10.9. The highest BCUT2D eigenvalue weighted by Crippen LogP contribution is 2.50. The summed E-state index contributed by atoms with van der Waals surface area (Å²) >= 11 is 0. The van der Waals surface area contributed by atoms with Crippen LogP contribution in [-0.2, 0) is 9.53 Å². The summed E-state index contributed by atoms with van der Waals surface area (Å²) in [5.74, 6) is -0.681. The van der Waals surface area contributed by atoms with Gasteiger partial charge >= 0.3 is 5.97 Å². The molecule has 2 aromatic rings. The van der Waals surface area contributed by atoms with Gasteiger partial charge in [-0.3, -0.25) is 14.6 Å². The van der Waals surface area contributed by atoms with E-state index in [0.29, 0.717) is 45.4 Å². The molecule has 0 radical (unpaired) electrons.